The molecule has 1 aliphatic heterocycles. The highest BCUT2D eigenvalue weighted by atomic mass is 29.3. The lowest BCUT2D eigenvalue weighted by Gasteiger charge is -2.50. The Morgan fingerprint density at radius 1 is 0.872 bits per heavy atom. The third kappa shape index (κ3) is 8.95. The molecule has 0 N–H and O–H groups in total. The van der Waals surface area contributed by atoms with E-state index < -0.39 is 15.4 Å². The van der Waals surface area contributed by atoms with Crippen LogP contribution in [-0.2, 0) is 4.43 Å². The third-order valence-corrected chi connectivity index (χ3v) is 25.0. The zero-order valence-electron chi connectivity index (χ0n) is 25.3. The van der Waals surface area contributed by atoms with Gasteiger partial charge in [-0.05, 0) is 87.4 Å². The van der Waals surface area contributed by atoms with Crippen LogP contribution in [0.2, 0.25) is 32.2 Å². The molecule has 0 radical (unpaired) electrons. The van der Waals surface area contributed by atoms with Gasteiger partial charge in [-0.2, -0.15) is 0 Å². The molecule has 3 atom stereocenters. The van der Waals surface area contributed by atoms with Gasteiger partial charge in [0.1, 0.15) is 23.4 Å². The predicted octanol–water partition coefficient (Wildman–Crippen LogP) is 8.83. The molecule has 3 rings (SSSR count). The molecule has 7 heteroatoms. The van der Waals surface area contributed by atoms with Gasteiger partial charge in [0.2, 0.25) is 0 Å². The van der Waals surface area contributed by atoms with Crippen LogP contribution in [0, 0.1) is 5.92 Å². The van der Waals surface area contributed by atoms with Crippen molar-refractivity contribution in [1.82, 2.24) is 0 Å². The van der Waals surface area contributed by atoms with Crippen molar-refractivity contribution in [2.24, 2.45) is 5.92 Å². The average Bonchev–Trinajstić information content (AvgIpc) is 2.90. The second-order valence-corrected chi connectivity index (χ2v) is 27.3. The summed E-state index contributed by atoms with van der Waals surface area (Å²) in [6.07, 6.45) is 8.64. The second-order valence-electron chi connectivity index (χ2n) is 12.2. The highest BCUT2D eigenvalue weighted by molar-refractivity contribution is 7.38. The fourth-order valence-electron chi connectivity index (χ4n) is 5.31. The Hall–Kier alpha value is -2.10. The highest BCUT2D eigenvalue weighted by Gasteiger charge is 2.52. The van der Waals surface area contributed by atoms with Gasteiger partial charge in [-0.1, -0.05) is 59.0 Å². The Morgan fingerprint density at radius 2 is 1.46 bits per heavy atom. The van der Waals surface area contributed by atoms with Gasteiger partial charge in [-0.3, -0.25) is 0 Å². The minimum Gasteiger partial charge on any atom is -0.494 e. The van der Waals surface area contributed by atoms with Crippen molar-refractivity contribution in [3.05, 3.63) is 54.1 Å². The molecule has 0 amide bonds. The average molecular weight is 571 g/mol. The normalized spacial score (nSPS) is 20.7. The summed E-state index contributed by atoms with van der Waals surface area (Å²) >= 11 is 0. The monoisotopic (exact) mass is 570 g/mol. The first-order chi connectivity index (χ1) is 18.6. The number of esters is 1. The number of hydrogen-bond donors (Lipinski definition) is 0. The van der Waals surface area contributed by atoms with E-state index in [4.69, 9.17) is 18.6 Å². The van der Waals surface area contributed by atoms with Crippen molar-refractivity contribution in [1.29, 1.82) is 0 Å². The summed E-state index contributed by atoms with van der Waals surface area (Å²) < 4.78 is 24.5. The molecule has 1 fully saturated rings. The van der Waals surface area contributed by atoms with Gasteiger partial charge in [-0.25, -0.2) is 4.79 Å². The van der Waals surface area contributed by atoms with Crippen LogP contribution in [0.25, 0.3) is 0 Å². The molecular formula is C32H50O5Si2. The van der Waals surface area contributed by atoms with Crippen LogP contribution in [0.15, 0.2) is 48.5 Å². The first kappa shape index (κ1) is 31.4. The zero-order chi connectivity index (χ0) is 28.5. The van der Waals surface area contributed by atoms with Crippen LogP contribution in [0.1, 0.15) is 76.1 Å². The molecule has 0 bridgehead atoms. The Morgan fingerprint density at radius 3 is 2.10 bits per heavy atom. The van der Waals surface area contributed by atoms with E-state index in [1.807, 2.05) is 24.3 Å². The summed E-state index contributed by atoms with van der Waals surface area (Å²) in [5.41, 5.74) is 0.495. The Bertz CT molecular complexity index is 1020. The first-order valence-corrected chi connectivity index (χ1v) is 22.1. The lowest BCUT2D eigenvalue weighted by molar-refractivity contribution is 0.0485. The lowest BCUT2D eigenvalue weighted by atomic mass is 9.96. The molecule has 5 nitrogen and oxygen atoms in total. The van der Waals surface area contributed by atoms with Crippen molar-refractivity contribution >= 4 is 21.4 Å². The van der Waals surface area contributed by atoms with E-state index in [1.165, 1.54) is 38.1 Å². The summed E-state index contributed by atoms with van der Waals surface area (Å²) in [6, 6.07) is 15.8. The first-order valence-electron chi connectivity index (χ1n) is 15.0. The molecule has 0 saturated carbocycles. The van der Waals surface area contributed by atoms with Gasteiger partial charge >= 0.3 is 5.97 Å². The summed E-state index contributed by atoms with van der Waals surface area (Å²) in [5, 5.41) is 0. The van der Waals surface area contributed by atoms with Gasteiger partial charge in [0.15, 0.2) is 7.83 Å². The number of unbranched alkanes of at least 4 members (excludes halogenated alkanes) is 5. The van der Waals surface area contributed by atoms with Gasteiger partial charge in [0, 0.05) is 12.0 Å². The standard InChI is InChI=1S/C32H50O5Si2/c1-8-10-11-12-13-14-23-34-27-19-21-29(22-20-27)36-32(33)26-15-17-28(18-16-26)35-31(9-2)30-24-38(4,5)39(6,7)37-25(30)3/h15-22,25,30-31H,8-14,23-24H2,1-7H3. The SMILES string of the molecule is CCCCCCCCOc1ccc(OC(=O)c2ccc(OC(CC)C3C[Si](C)(C)[Si](C)(C)OC3C)cc2)cc1. The van der Waals surface area contributed by atoms with Crippen LogP contribution in [0.5, 0.6) is 17.2 Å². The van der Waals surface area contributed by atoms with Gasteiger partial charge in [-0.15, -0.1) is 0 Å². The topological polar surface area (TPSA) is 54.0 Å². The maximum absolute atomic E-state index is 12.7. The van der Waals surface area contributed by atoms with Crippen molar-refractivity contribution < 1.29 is 23.4 Å². The lowest BCUT2D eigenvalue weighted by Crippen LogP contribution is -2.65. The van der Waals surface area contributed by atoms with E-state index in [0.29, 0.717) is 23.8 Å². The van der Waals surface area contributed by atoms with Gasteiger partial charge in [0.05, 0.1) is 19.8 Å². The van der Waals surface area contributed by atoms with Crippen LogP contribution in [0.3, 0.4) is 0 Å². The summed E-state index contributed by atoms with van der Waals surface area (Å²) in [5.74, 6) is 2.08. The Balaban J connectivity index is 1.49. The van der Waals surface area contributed by atoms with Crippen molar-refractivity contribution in [2.75, 3.05) is 6.61 Å². The zero-order valence-corrected chi connectivity index (χ0v) is 27.3. The fraction of sp³-hybridized carbons (Fsp3) is 0.594. The second kappa shape index (κ2) is 14.5. The van der Waals surface area contributed by atoms with E-state index in [-0.39, 0.29) is 18.2 Å². The summed E-state index contributed by atoms with van der Waals surface area (Å²) in [6.45, 7) is 17.0. The number of carbonyl (C=O) groups excluding carboxylic acids is 1. The van der Waals surface area contributed by atoms with Crippen molar-refractivity contribution in [3.8, 4) is 17.2 Å². The number of carbonyl (C=O) groups is 1. The van der Waals surface area contributed by atoms with Crippen molar-refractivity contribution in [2.45, 2.75) is 110 Å². The van der Waals surface area contributed by atoms with Gasteiger partial charge < -0.3 is 18.6 Å². The predicted molar refractivity (Wildman–Crippen MR) is 165 cm³/mol. The van der Waals surface area contributed by atoms with Crippen LogP contribution in [0.4, 0.5) is 0 Å². The Labute approximate surface area is 238 Å². The molecule has 1 aliphatic rings. The molecule has 1 saturated heterocycles. The maximum atomic E-state index is 12.7. The molecule has 0 spiro atoms. The van der Waals surface area contributed by atoms with Crippen LogP contribution < -0.4 is 14.2 Å². The summed E-state index contributed by atoms with van der Waals surface area (Å²) in [4.78, 5) is 12.7. The minimum atomic E-state index is -1.62. The molecule has 2 aromatic rings. The molecule has 0 aromatic heterocycles. The van der Waals surface area contributed by atoms with Gasteiger partial charge in [0.25, 0.3) is 0 Å². The van der Waals surface area contributed by atoms with E-state index in [2.05, 4.69) is 47.0 Å². The molecule has 2 aromatic carbocycles. The number of rotatable bonds is 14. The van der Waals surface area contributed by atoms with E-state index in [0.717, 1.165) is 24.3 Å². The molecule has 216 valence electrons. The fourth-order valence-corrected chi connectivity index (χ4v) is 12.7. The van der Waals surface area contributed by atoms with Crippen molar-refractivity contribution in [3.63, 3.8) is 0 Å². The molecule has 1 heterocycles. The molecular weight excluding hydrogens is 521 g/mol. The highest BCUT2D eigenvalue weighted by Crippen LogP contribution is 2.40. The maximum Gasteiger partial charge on any atom is 0.343 e. The largest absolute Gasteiger partial charge is 0.494 e. The Kier molecular flexibility index (Phi) is 11.7. The molecule has 39 heavy (non-hydrogen) atoms. The number of benzene rings is 2. The smallest absolute Gasteiger partial charge is 0.343 e. The minimum absolute atomic E-state index is 0.0940. The molecule has 3 unspecified atom stereocenters. The quantitative estimate of drug-likeness (QED) is 0.0983. The molecule has 0 aliphatic carbocycles. The summed E-state index contributed by atoms with van der Waals surface area (Å²) in [7, 11) is -3.05. The van der Waals surface area contributed by atoms with Crippen LogP contribution >= 0.6 is 0 Å². The number of ether oxygens (including phenoxy) is 3. The number of hydrogen-bond acceptors (Lipinski definition) is 5. The van der Waals surface area contributed by atoms with Crippen LogP contribution in [-0.4, -0.2) is 40.2 Å². The van der Waals surface area contributed by atoms with E-state index >= 15 is 0 Å². The van der Waals surface area contributed by atoms with E-state index in [1.54, 1.807) is 24.3 Å². The third-order valence-electron chi connectivity index (χ3n) is 8.52. The van der Waals surface area contributed by atoms with E-state index in [9.17, 15) is 4.79 Å².